The second kappa shape index (κ2) is 5.49. The first-order valence-electron chi connectivity index (χ1n) is 6.55. The second-order valence-electron chi connectivity index (χ2n) is 5.00. The van der Waals surface area contributed by atoms with E-state index in [-0.39, 0.29) is 23.5 Å². The van der Waals surface area contributed by atoms with Gasteiger partial charge in [-0.2, -0.15) is 0 Å². The van der Waals surface area contributed by atoms with Crippen molar-refractivity contribution in [2.45, 2.75) is 6.54 Å². The van der Waals surface area contributed by atoms with Crippen LogP contribution in [0.4, 0.5) is 11.5 Å². The summed E-state index contributed by atoms with van der Waals surface area (Å²) in [5.41, 5.74) is 6.48. The molecule has 0 amide bonds. The summed E-state index contributed by atoms with van der Waals surface area (Å²) in [6.07, 6.45) is 2.18. The highest BCUT2D eigenvalue weighted by Crippen LogP contribution is 2.16. The lowest BCUT2D eigenvalue weighted by molar-refractivity contribution is 0.0882. The van der Waals surface area contributed by atoms with Crippen LogP contribution in [0, 0.1) is 0 Å². The number of nitrogen functional groups attached to an aromatic ring is 1. The Morgan fingerprint density at radius 3 is 2.88 bits per heavy atom. The summed E-state index contributed by atoms with van der Waals surface area (Å²) in [7, 11) is -3.51. The highest BCUT2D eigenvalue weighted by molar-refractivity contribution is 7.92. The molecule has 11 nitrogen and oxygen atoms in total. The van der Waals surface area contributed by atoms with E-state index in [0.717, 1.165) is 15.5 Å². The molecule has 2 heterocycles. The van der Waals surface area contributed by atoms with Crippen LogP contribution in [0.2, 0.25) is 0 Å². The average Bonchev–Trinajstić information content (AvgIpc) is 2.99. The molecule has 0 aliphatic rings. The van der Waals surface area contributed by atoms with Crippen molar-refractivity contribution < 1.29 is 17.6 Å². The SMILES string of the molecule is CS(=O)(=O)Nc1cn(CC(=O)n2c(=O)oc3ccc(N)cc32)nn1. The van der Waals surface area contributed by atoms with Gasteiger partial charge >= 0.3 is 5.76 Å². The molecular formula is C12H12N6O5S. The van der Waals surface area contributed by atoms with Gasteiger partial charge in [0.1, 0.15) is 12.1 Å². The van der Waals surface area contributed by atoms with Gasteiger partial charge < -0.3 is 10.2 Å². The van der Waals surface area contributed by atoms with Crippen molar-refractivity contribution in [2.75, 3.05) is 16.7 Å². The van der Waals surface area contributed by atoms with Gasteiger partial charge in [0, 0.05) is 5.69 Å². The Kier molecular flexibility index (Phi) is 3.60. The first kappa shape index (κ1) is 15.7. The molecule has 0 spiro atoms. The second-order valence-corrected chi connectivity index (χ2v) is 6.75. The Morgan fingerprint density at radius 1 is 1.42 bits per heavy atom. The van der Waals surface area contributed by atoms with Gasteiger partial charge in [0.05, 0.1) is 12.5 Å². The molecule has 2 aromatic heterocycles. The number of nitrogens with zero attached hydrogens (tertiary/aromatic N) is 4. The van der Waals surface area contributed by atoms with Gasteiger partial charge in [-0.15, -0.1) is 5.10 Å². The first-order valence-corrected chi connectivity index (χ1v) is 8.44. The fraction of sp³-hybridized carbons (Fsp3) is 0.167. The van der Waals surface area contributed by atoms with Crippen molar-refractivity contribution in [3.63, 3.8) is 0 Å². The van der Waals surface area contributed by atoms with E-state index in [1.165, 1.54) is 18.3 Å². The normalized spacial score (nSPS) is 11.7. The summed E-state index contributed by atoms with van der Waals surface area (Å²) in [5.74, 6) is -1.53. The molecule has 0 aliphatic heterocycles. The molecule has 3 aromatic rings. The number of carbonyl (C=O) groups is 1. The third-order valence-corrected chi connectivity index (χ3v) is 3.56. The lowest BCUT2D eigenvalue weighted by Crippen LogP contribution is -2.26. The molecule has 126 valence electrons. The Morgan fingerprint density at radius 2 is 2.17 bits per heavy atom. The molecule has 1 aromatic carbocycles. The fourth-order valence-electron chi connectivity index (χ4n) is 2.09. The maximum Gasteiger partial charge on any atom is 0.426 e. The Hall–Kier alpha value is -3.15. The number of aromatic nitrogens is 4. The summed E-state index contributed by atoms with van der Waals surface area (Å²) in [6.45, 7) is -0.345. The third-order valence-electron chi connectivity index (χ3n) is 2.98. The van der Waals surface area contributed by atoms with E-state index in [0.29, 0.717) is 5.69 Å². The standard InChI is InChI=1S/C12H12N6O5S/c1-24(21,22)15-10-5-17(16-14-10)6-11(19)18-8-4-7(13)2-3-9(8)23-12(18)20/h2-5,15H,6,13H2,1H3. The van der Waals surface area contributed by atoms with Crippen molar-refractivity contribution in [3.8, 4) is 0 Å². The Labute approximate surface area is 134 Å². The van der Waals surface area contributed by atoms with Gasteiger partial charge in [-0.05, 0) is 18.2 Å². The molecule has 24 heavy (non-hydrogen) atoms. The Balaban J connectivity index is 1.90. The minimum absolute atomic E-state index is 0.0426. The predicted octanol–water partition coefficient (Wildman–Crippen LogP) is -0.520. The van der Waals surface area contributed by atoms with Crippen LogP contribution in [0.15, 0.2) is 33.6 Å². The van der Waals surface area contributed by atoms with E-state index in [1.54, 1.807) is 6.07 Å². The maximum absolute atomic E-state index is 12.4. The number of hydrogen-bond donors (Lipinski definition) is 2. The zero-order valence-corrected chi connectivity index (χ0v) is 13.1. The topological polar surface area (TPSA) is 155 Å². The summed E-state index contributed by atoms with van der Waals surface area (Å²) in [4.78, 5) is 24.2. The van der Waals surface area contributed by atoms with Crippen LogP contribution >= 0.6 is 0 Å². The van der Waals surface area contributed by atoms with Crippen LogP contribution in [-0.4, -0.2) is 40.1 Å². The molecule has 0 aliphatic carbocycles. The lowest BCUT2D eigenvalue weighted by Gasteiger charge is -2.01. The largest absolute Gasteiger partial charge is 0.426 e. The minimum Gasteiger partial charge on any atom is -0.407 e. The Bertz CT molecular complexity index is 1090. The molecule has 0 atom stereocenters. The summed E-state index contributed by atoms with van der Waals surface area (Å²) in [6, 6.07) is 4.47. The van der Waals surface area contributed by atoms with Crippen molar-refractivity contribution in [2.24, 2.45) is 0 Å². The summed E-state index contributed by atoms with van der Waals surface area (Å²) < 4.78 is 31.3. The number of benzene rings is 1. The number of sulfonamides is 1. The number of nitrogens with two attached hydrogens (primary N) is 1. The van der Waals surface area contributed by atoms with E-state index in [4.69, 9.17) is 10.2 Å². The molecule has 0 saturated heterocycles. The van der Waals surface area contributed by atoms with Crippen molar-refractivity contribution in [1.82, 2.24) is 19.6 Å². The number of nitrogens with one attached hydrogen (secondary N) is 1. The van der Waals surface area contributed by atoms with Crippen LogP contribution in [0.1, 0.15) is 4.79 Å². The minimum atomic E-state index is -3.51. The van der Waals surface area contributed by atoms with E-state index in [2.05, 4.69) is 15.0 Å². The highest BCUT2D eigenvalue weighted by Gasteiger charge is 2.17. The van der Waals surface area contributed by atoms with Crippen LogP contribution < -0.4 is 16.2 Å². The summed E-state index contributed by atoms with van der Waals surface area (Å²) in [5, 5.41) is 7.20. The molecule has 0 radical (unpaired) electrons. The van der Waals surface area contributed by atoms with Gasteiger partial charge in [0.15, 0.2) is 11.4 Å². The smallest absolute Gasteiger partial charge is 0.407 e. The van der Waals surface area contributed by atoms with Gasteiger partial charge in [-0.25, -0.2) is 22.5 Å². The number of fused-ring (bicyclic) bond motifs is 1. The van der Waals surface area contributed by atoms with Crippen molar-refractivity contribution in [3.05, 3.63) is 34.9 Å². The molecule has 0 unspecified atom stereocenters. The molecular weight excluding hydrogens is 340 g/mol. The predicted molar refractivity (Wildman–Crippen MR) is 84.0 cm³/mol. The summed E-state index contributed by atoms with van der Waals surface area (Å²) >= 11 is 0. The molecule has 0 saturated carbocycles. The van der Waals surface area contributed by atoms with Crippen LogP contribution in [0.5, 0.6) is 0 Å². The monoisotopic (exact) mass is 352 g/mol. The van der Waals surface area contributed by atoms with Crippen LogP contribution in [-0.2, 0) is 16.6 Å². The lowest BCUT2D eigenvalue weighted by atomic mass is 10.3. The van der Waals surface area contributed by atoms with Crippen LogP contribution in [0.3, 0.4) is 0 Å². The quantitative estimate of drug-likeness (QED) is 0.594. The highest BCUT2D eigenvalue weighted by atomic mass is 32.2. The number of oxazole rings is 1. The number of hydrogen-bond acceptors (Lipinski definition) is 8. The molecule has 3 N–H and O–H groups in total. The third kappa shape index (κ3) is 3.12. The van der Waals surface area contributed by atoms with Crippen LogP contribution in [0.25, 0.3) is 11.1 Å². The van der Waals surface area contributed by atoms with Gasteiger partial charge in [-0.3, -0.25) is 9.52 Å². The number of anilines is 2. The number of rotatable bonds is 4. The molecule has 3 rings (SSSR count). The maximum atomic E-state index is 12.4. The molecule has 0 fully saturated rings. The van der Waals surface area contributed by atoms with E-state index in [9.17, 15) is 18.0 Å². The van der Waals surface area contributed by atoms with E-state index in [1.807, 2.05) is 0 Å². The first-order chi connectivity index (χ1) is 11.2. The zero-order valence-electron chi connectivity index (χ0n) is 12.3. The van der Waals surface area contributed by atoms with E-state index < -0.39 is 21.7 Å². The van der Waals surface area contributed by atoms with Crippen molar-refractivity contribution in [1.29, 1.82) is 0 Å². The number of carbonyl (C=O) groups excluding carboxylic acids is 1. The molecule has 12 heteroatoms. The van der Waals surface area contributed by atoms with Gasteiger partial charge in [-0.1, -0.05) is 5.21 Å². The molecule has 0 bridgehead atoms. The van der Waals surface area contributed by atoms with Gasteiger partial charge in [0.25, 0.3) is 5.91 Å². The average molecular weight is 352 g/mol. The zero-order chi connectivity index (χ0) is 17.5. The fourth-order valence-corrected chi connectivity index (χ4v) is 2.56. The van der Waals surface area contributed by atoms with Crippen molar-refractivity contribution >= 4 is 38.5 Å². The van der Waals surface area contributed by atoms with Gasteiger partial charge in [0.2, 0.25) is 10.0 Å². The van der Waals surface area contributed by atoms with E-state index >= 15 is 0 Å².